The fourth-order valence-electron chi connectivity index (χ4n) is 3.53. The molecule has 158 valence electrons. The van der Waals surface area contributed by atoms with Crippen molar-refractivity contribution in [3.8, 4) is 11.5 Å². The summed E-state index contributed by atoms with van der Waals surface area (Å²) in [5.41, 5.74) is 1.89. The molecule has 7 nitrogen and oxygen atoms in total. The minimum absolute atomic E-state index is 0.167. The highest BCUT2D eigenvalue weighted by atomic mass is 16.5. The number of nitrogens with one attached hydrogen (secondary N) is 1. The molecule has 1 unspecified atom stereocenters. The van der Waals surface area contributed by atoms with E-state index in [1.807, 2.05) is 39.8 Å². The van der Waals surface area contributed by atoms with E-state index in [4.69, 9.17) is 9.47 Å². The van der Waals surface area contributed by atoms with Crippen LogP contribution in [-0.4, -0.2) is 29.9 Å². The van der Waals surface area contributed by atoms with Crippen LogP contribution in [0.25, 0.3) is 10.8 Å². The number of fused-ring (bicyclic) bond motifs is 1. The van der Waals surface area contributed by atoms with Crippen LogP contribution in [-0.2, 0) is 0 Å². The summed E-state index contributed by atoms with van der Waals surface area (Å²) in [6, 6.07) is 10.3. The molecule has 0 aliphatic heterocycles. The van der Waals surface area contributed by atoms with E-state index < -0.39 is 0 Å². The van der Waals surface area contributed by atoms with Gasteiger partial charge in [-0.25, -0.2) is 4.68 Å². The Morgan fingerprint density at radius 1 is 1.03 bits per heavy atom. The van der Waals surface area contributed by atoms with Crippen molar-refractivity contribution in [3.63, 3.8) is 0 Å². The number of carbonyl (C=O) groups is 1. The molecule has 1 N–H and O–H groups in total. The predicted molar refractivity (Wildman–Crippen MR) is 117 cm³/mol. The number of aryl methyl sites for hydroxylation is 1. The van der Waals surface area contributed by atoms with Crippen LogP contribution in [0, 0.1) is 6.92 Å². The monoisotopic (exact) mass is 409 g/mol. The molecule has 0 spiro atoms. The Morgan fingerprint density at radius 2 is 1.63 bits per heavy atom. The highest BCUT2D eigenvalue weighted by molar-refractivity contribution is 6.04. The minimum Gasteiger partial charge on any atom is -0.493 e. The van der Waals surface area contributed by atoms with Crippen LogP contribution >= 0.6 is 0 Å². The largest absolute Gasteiger partial charge is 0.493 e. The van der Waals surface area contributed by atoms with Gasteiger partial charge in [-0.05, 0) is 57.0 Å². The number of hydrogen-bond acceptors (Lipinski definition) is 5. The Hall–Kier alpha value is -3.35. The molecule has 0 saturated carbocycles. The Bertz CT molecular complexity index is 1150. The normalized spacial score (nSPS) is 12.1. The summed E-state index contributed by atoms with van der Waals surface area (Å²) >= 11 is 0. The molecule has 0 fully saturated rings. The van der Waals surface area contributed by atoms with Crippen LogP contribution in [0.5, 0.6) is 11.5 Å². The van der Waals surface area contributed by atoms with Crippen LogP contribution in [0.3, 0.4) is 0 Å². The Labute approximate surface area is 175 Å². The van der Waals surface area contributed by atoms with E-state index in [0.717, 1.165) is 11.1 Å². The molecular weight excluding hydrogens is 382 g/mol. The second kappa shape index (κ2) is 8.57. The summed E-state index contributed by atoms with van der Waals surface area (Å²) in [7, 11) is 3.16. The van der Waals surface area contributed by atoms with Gasteiger partial charge in [-0.3, -0.25) is 9.59 Å². The van der Waals surface area contributed by atoms with Gasteiger partial charge in [0.25, 0.3) is 11.5 Å². The number of nitrogens with zero attached hydrogens (tertiary/aromatic N) is 2. The molecule has 0 aliphatic rings. The molecule has 7 heteroatoms. The van der Waals surface area contributed by atoms with Gasteiger partial charge in [-0.15, -0.1) is 0 Å². The number of carbonyl (C=O) groups excluding carboxylic acids is 1. The first kappa shape index (κ1) is 21.4. The second-order valence-electron chi connectivity index (χ2n) is 7.50. The summed E-state index contributed by atoms with van der Waals surface area (Å²) in [6.45, 7) is 7.57. The molecule has 1 amide bonds. The summed E-state index contributed by atoms with van der Waals surface area (Å²) in [5.74, 6) is 0.882. The van der Waals surface area contributed by atoms with Gasteiger partial charge in [0.05, 0.1) is 31.7 Å². The maximum absolute atomic E-state index is 13.2. The fourth-order valence-corrected chi connectivity index (χ4v) is 3.53. The Kier molecular flexibility index (Phi) is 6.10. The van der Waals surface area contributed by atoms with Crippen molar-refractivity contribution in [3.05, 3.63) is 63.6 Å². The summed E-state index contributed by atoms with van der Waals surface area (Å²) in [5, 5.41) is 8.39. The van der Waals surface area contributed by atoms with Crippen LogP contribution in [0.2, 0.25) is 0 Å². The lowest BCUT2D eigenvalue weighted by Crippen LogP contribution is -2.33. The number of benzene rings is 2. The van der Waals surface area contributed by atoms with E-state index >= 15 is 0 Å². The second-order valence-corrected chi connectivity index (χ2v) is 7.50. The van der Waals surface area contributed by atoms with Crippen LogP contribution in [0.4, 0.5) is 0 Å². The number of ether oxygens (including phenoxy) is 2. The molecule has 0 bridgehead atoms. The lowest BCUT2D eigenvalue weighted by atomic mass is 10.0. The van der Waals surface area contributed by atoms with Crippen molar-refractivity contribution in [1.82, 2.24) is 15.1 Å². The lowest BCUT2D eigenvalue weighted by molar-refractivity contribution is 0.0934. The molecular formula is C23H27N3O4. The zero-order valence-corrected chi connectivity index (χ0v) is 18.1. The van der Waals surface area contributed by atoms with E-state index in [2.05, 4.69) is 10.4 Å². The Morgan fingerprint density at radius 3 is 2.23 bits per heavy atom. The average Bonchev–Trinajstić information content (AvgIpc) is 2.73. The van der Waals surface area contributed by atoms with Gasteiger partial charge in [0, 0.05) is 5.39 Å². The molecule has 3 rings (SSSR count). The zero-order valence-electron chi connectivity index (χ0n) is 18.1. The quantitative estimate of drug-likeness (QED) is 0.670. The van der Waals surface area contributed by atoms with Crippen LogP contribution in [0.15, 0.2) is 41.2 Å². The van der Waals surface area contributed by atoms with E-state index in [-0.39, 0.29) is 29.2 Å². The molecule has 1 atom stereocenters. The molecule has 0 radical (unpaired) electrons. The average molecular weight is 409 g/mol. The molecule has 0 saturated heterocycles. The van der Waals surface area contributed by atoms with Gasteiger partial charge < -0.3 is 14.8 Å². The number of methoxy groups -OCH3 is 2. The van der Waals surface area contributed by atoms with Crippen molar-refractivity contribution >= 4 is 16.7 Å². The number of hydrogen-bond donors (Lipinski definition) is 1. The van der Waals surface area contributed by atoms with E-state index in [1.165, 1.54) is 4.68 Å². The topological polar surface area (TPSA) is 82.5 Å². The van der Waals surface area contributed by atoms with Gasteiger partial charge in [-0.2, -0.15) is 5.10 Å². The highest BCUT2D eigenvalue weighted by Gasteiger charge is 2.21. The van der Waals surface area contributed by atoms with Gasteiger partial charge in [-0.1, -0.05) is 18.2 Å². The SMILES string of the molecule is COc1cc(C)c(C(C)NC(=O)c2nn(C(C)C)c(=O)c3ccccc23)cc1OC. The molecule has 3 aromatic rings. The maximum atomic E-state index is 13.2. The van der Waals surface area contributed by atoms with Crippen molar-refractivity contribution in [1.29, 1.82) is 0 Å². The van der Waals surface area contributed by atoms with Crippen LogP contribution in [0.1, 0.15) is 54.5 Å². The standard InChI is InChI=1S/C23H27N3O4/c1-13(2)26-23(28)17-10-8-7-9-16(17)21(25-26)22(27)24-15(4)18-12-20(30-6)19(29-5)11-14(18)3/h7-13,15H,1-6H3,(H,24,27). The number of rotatable bonds is 6. The number of amides is 1. The third kappa shape index (κ3) is 3.87. The minimum atomic E-state index is -0.345. The highest BCUT2D eigenvalue weighted by Crippen LogP contribution is 2.33. The third-order valence-electron chi connectivity index (χ3n) is 5.12. The maximum Gasteiger partial charge on any atom is 0.274 e. The number of aromatic nitrogens is 2. The first-order chi connectivity index (χ1) is 14.3. The van der Waals surface area contributed by atoms with E-state index in [1.54, 1.807) is 38.5 Å². The summed E-state index contributed by atoms with van der Waals surface area (Å²) in [4.78, 5) is 25.9. The molecule has 30 heavy (non-hydrogen) atoms. The van der Waals surface area contributed by atoms with Crippen LogP contribution < -0.4 is 20.3 Å². The van der Waals surface area contributed by atoms with Crippen molar-refractivity contribution in [2.45, 2.75) is 39.8 Å². The Balaban J connectivity index is 2.02. The molecule has 1 aromatic heterocycles. The van der Waals surface area contributed by atoms with Gasteiger partial charge in [0.2, 0.25) is 0 Å². The van der Waals surface area contributed by atoms with Crippen molar-refractivity contribution in [2.75, 3.05) is 14.2 Å². The van der Waals surface area contributed by atoms with Crippen molar-refractivity contribution < 1.29 is 14.3 Å². The summed E-state index contributed by atoms with van der Waals surface area (Å²) < 4.78 is 12.1. The first-order valence-corrected chi connectivity index (χ1v) is 9.83. The third-order valence-corrected chi connectivity index (χ3v) is 5.12. The summed E-state index contributed by atoms with van der Waals surface area (Å²) in [6.07, 6.45) is 0. The van der Waals surface area contributed by atoms with Gasteiger partial charge >= 0.3 is 0 Å². The predicted octanol–water partition coefficient (Wildman–Crippen LogP) is 3.79. The van der Waals surface area contributed by atoms with Gasteiger partial charge in [0.15, 0.2) is 17.2 Å². The van der Waals surface area contributed by atoms with Crippen molar-refractivity contribution in [2.24, 2.45) is 0 Å². The fraction of sp³-hybridized carbons (Fsp3) is 0.348. The molecule has 0 aliphatic carbocycles. The smallest absolute Gasteiger partial charge is 0.274 e. The first-order valence-electron chi connectivity index (χ1n) is 9.83. The molecule has 2 aromatic carbocycles. The van der Waals surface area contributed by atoms with Gasteiger partial charge in [0.1, 0.15) is 0 Å². The lowest BCUT2D eigenvalue weighted by Gasteiger charge is -2.20. The van der Waals surface area contributed by atoms with E-state index in [0.29, 0.717) is 22.3 Å². The van der Waals surface area contributed by atoms with E-state index in [9.17, 15) is 9.59 Å². The molecule has 1 heterocycles. The zero-order chi connectivity index (χ0) is 22.0.